The molecule has 0 aromatic rings. The summed E-state index contributed by atoms with van der Waals surface area (Å²) in [6, 6.07) is 0.450. The fourth-order valence-corrected chi connectivity index (χ4v) is 9.56. The van der Waals surface area contributed by atoms with Crippen molar-refractivity contribution in [1.82, 2.24) is 10.2 Å². The van der Waals surface area contributed by atoms with E-state index in [2.05, 4.69) is 31.1 Å². The van der Waals surface area contributed by atoms with Crippen LogP contribution in [0.3, 0.4) is 0 Å². The van der Waals surface area contributed by atoms with E-state index in [-0.39, 0.29) is 0 Å². The smallest absolute Gasteiger partial charge is 0.222 e. The molecule has 1 aliphatic heterocycles. The molecular weight excluding hydrogens is 396 g/mol. The molecule has 0 radical (unpaired) electrons. The lowest BCUT2D eigenvalue weighted by Crippen LogP contribution is -2.61. The highest BCUT2D eigenvalue weighted by Crippen LogP contribution is 2.66. The van der Waals surface area contributed by atoms with Crippen LogP contribution in [0.1, 0.15) is 104 Å². The first-order valence-corrected chi connectivity index (χ1v) is 13.9. The number of carbonyl (C=O) groups excluding carboxylic acids is 2. The van der Waals surface area contributed by atoms with Gasteiger partial charge in [-0.2, -0.15) is 0 Å². The van der Waals surface area contributed by atoms with Crippen molar-refractivity contribution in [2.45, 2.75) is 110 Å². The molecule has 4 heteroatoms. The molecule has 0 spiro atoms. The molecule has 180 valence electrons. The molecule has 0 bridgehead atoms. The van der Waals surface area contributed by atoms with E-state index in [1.54, 1.807) is 0 Å². The molecular formula is C28H46N2O2. The van der Waals surface area contributed by atoms with Gasteiger partial charge < -0.3 is 10.2 Å². The van der Waals surface area contributed by atoms with Gasteiger partial charge in [0, 0.05) is 32.5 Å². The average molecular weight is 443 g/mol. The van der Waals surface area contributed by atoms with E-state index in [1.165, 1.54) is 70.6 Å². The summed E-state index contributed by atoms with van der Waals surface area (Å²) in [4.78, 5) is 27.1. The first-order valence-electron chi connectivity index (χ1n) is 13.9. The Kier molecular flexibility index (Phi) is 6.12. The van der Waals surface area contributed by atoms with Gasteiger partial charge in [-0.1, -0.05) is 33.1 Å². The molecule has 1 N–H and O–H groups in total. The van der Waals surface area contributed by atoms with Crippen molar-refractivity contribution in [2.75, 3.05) is 13.6 Å². The Bertz CT molecular complexity index is 731. The van der Waals surface area contributed by atoms with Crippen LogP contribution < -0.4 is 5.32 Å². The highest BCUT2D eigenvalue weighted by molar-refractivity contribution is 5.77. The highest BCUT2D eigenvalue weighted by atomic mass is 16.2. The summed E-state index contributed by atoms with van der Waals surface area (Å²) in [6.07, 6.45) is 16.8. The van der Waals surface area contributed by atoms with Crippen LogP contribution in [0.15, 0.2) is 0 Å². The third-order valence-corrected chi connectivity index (χ3v) is 11.5. The molecule has 0 aromatic heterocycles. The summed E-state index contributed by atoms with van der Waals surface area (Å²) >= 11 is 0. The molecule has 4 aliphatic carbocycles. The zero-order chi connectivity index (χ0) is 22.5. The average Bonchev–Trinajstić information content (AvgIpc) is 3.12. The normalized spacial score (nSPS) is 44.5. The molecule has 0 unspecified atom stereocenters. The van der Waals surface area contributed by atoms with E-state index >= 15 is 0 Å². The summed E-state index contributed by atoms with van der Waals surface area (Å²) in [5, 5.41) is 3.38. The van der Waals surface area contributed by atoms with Gasteiger partial charge in [-0.25, -0.2) is 0 Å². The van der Waals surface area contributed by atoms with Crippen molar-refractivity contribution in [3.05, 3.63) is 0 Å². The standard InChI is InChI=1S/C28H46N2O2/c1-27-15-13-23-21(10-12-24-28(23,2)16-14-26(32)30(24)3)22(27)11-9-20(27)18-29-25(31)17-19-7-5-4-6-8-19/h19-24H,4-18H2,1-3H3,(H,29,31)/t20-,21+,22+,23+,24-,27-,28-/m1/s1. The lowest BCUT2D eigenvalue weighted by atomic mass is 9.47. The number of nitrogens with one attached hydrogen (secondary N) is 1. The maximum atomic E-state index is 12.7. The number of piperidine rings is 1. The molecule has 4 nitrogen and oxygen atoms in total. The van der Waals surface area contributed by atoms with Gasteiger partial charge in [0.1, 0.15) is 0 Å². The molecule has 5 rings (SSSR count). The largest absolute Gasteiger partial charge is 0.356 e. The molecule has 5 aliphatic rings. The highest BCUT2D eigenvalue weighted by Gasteiger charge is 2.60. The Morgan fingerprint density at radius 3 is 2.47 bits per heavy atom. The topological polar surface area (TPSA) is 49.4 Å². The zero-order valence-corrected chi connectivity index (χ0v) is 20.8. The van der Waals surface area contributed by atoms with E-state index < -0.39 is 0 Å². The molecule has 1 saturated heterocycles. The van der Waals surface area contributed by atoms with Gasteiger partial charge in [0.15, 0.2) is 0 Å². The van der Waals surface area contributed by atoms with E-state index in [4.69, 9.17) is 0 Å². The number of fused-ring (bicyclic) bond motifs is 5. The van der Waals surface area contributed by atoms with Crippen LogP contribution in [0, 0.1) is 40.4 Å². The second kappa shape index (κ2) is 8.62. The predicted molar refractivity (Wildman–Crippen MR) is 128 cm³/mol. The summed E-state index contributed by atoms with van der Waals surface area (Å²) in [5.41, 5.74) is 0.693. The number of rotatable bonds is 4. The quantitative estimate of drug-likeness (QED) is 0.620. The van der Waals surface area contributed by atoms with Crippen LogP contribution in [0.4, 0.5) is 0 Å². The second-order valence-corrected chi connectivity index (χ2v) is 12.8. The Morgan fingerprint density at radius 2 is 1.69 bits per heavy atom. The van der Waals surface area contributed by atoms with Crippen molar-refractivity contribution in [3.8, 4) is 0 Å². The minimum Gasteiger partial charge on any atom is -0.356 e. The molecule has 2 amide bonds. The number of hydrogen-bond donors (Lipinski definition) is 1. The minimum absolute atomic E-state index is 0.305. The molecule has 4 saturated carbocycles. The Hall–Kier alpha value is -1.06. The zero-order valence-electron chi connectivity index (χ0n) is 20.8. The number of nitrogens with zero attached hydrogens (tertiary/aromatic N) is 1. The van der Waals surface area contributed by atoms with Crippen LogP contribution in [0.25, 0.3) is 0 Å². The second-order valence-electron chi connectivity index (χ2n) is 12.8. The molecule has 5 fully saturated rings. The van der Waals surface area contributed by atoms with Crippen molar-refractivity contribution in [2.24, 2.45) is 40.4 Å². The number of hydrogen-bond acceptors (Lipinski definition) is 2. The van der Waals surface area contributed by atoms with E-state index in [1.807, 2.05) is 0 Å². The maximum absolute atomic E-state index is 12.7. The molecule has 32 heavy (non-hydrogen) atoms. The van der Waals surface area contributed by atoms with Gasteiger partial charge in [-0.05, 0) is 98.2 Å². The molecule has 0 aromatic carbocycles. The van der Waals surface area contributed by atoms with E-state index in [9.17, 15) is 9.59 Å². The van der Waals surface area contributed by atoms with Gasteiger partial charge in [-0.3, -0.25) is 9.59 Å². The maximum Gasteiger partial charge on any atom is 0.222 e. The monoisotopic (exact) mass is 442 g/mol. The van der Waals surface area contributed by atoms with Crippen LogP contribution in [-0.4, -0.2) is 36.3 Å². The Balaban J connectivity index is 1.22. The lowest BCUT2D eigenvalue weighted by Gasteiger charge is -2.61. The van der Waals surface area contributed by atoms with Gasteiger partial charge in [-0.15, -0.1) is 0 Å². The van der Waals surface area contributed by atoms with Gasteiger partial charge in [0.25, 0.3) is 0 Å². The molecule has 1 heterocycles. The van der Waals surface area contributed by atoms with Crippen molar-refractivity contribution in [1.29, 1.82) is 0 Å². The first-order chi connectivity index (χ1) is 15.3. The molecule has 7 atom stereocenters. The predicted octanol–water partition coefficient (Wildman–Crippen LogP) is 5.55. The number of likely N-dealkylation sites (tertiary alicyclic amines) is 1. The van der Waals surface area contributed by atoms with E-state index in [0.29, 0.717) is 40.5 Å². The minimum atomic E-state index is 0.305. The van der Waals surface area contributed by atoms with Crippen molar-refractivity contribution in [3.63, 3.8) is 0 Å². The van der Waals surface area contributed by atoms with Gasteiger partial charge >= 0.3 is 0 Å². The van der Waals surface area contributed by atoms with Gasteiger partial charge in [0.05, 0.1) is 0 Å². The summed E-state index contributed by atoms with van der Waals surface area (Å²) in [5.74, 6) is 4.33. The van der Waals surface area contributed by atoms with Crippen LogP contribution in [-0.2, 0) is 9.59 Å². The van der Waals surface area contributed by atoms with E-state index in [0.717, 1.165) is 43.6 Å². The SMILES string of the molecule is CN1C(=O)CC[C@]2(C)[C@H]3CC[C@]4(C)[C@@H](CNC(=O)CC5CCCCC5)CC[C@H]4[C@@H]3CC[C@@H]12. The number of carbonyl (C=O) groups is 2. The van der Waals surface area contributed by atoms with Gasteiger partial charge in [0.2, 0.25) is 11.8 Å². The number of amides is 2. The van der Waals surface area contributed by atoms with Crippen LogP contribution in [0.2, 0.25) is 0 Å². The summed E-state index contributed by atoms with van der Waals surface area (Å²) < 4.78 is 0. The lowest BCUT2D eigenvalue weighted by molar-refractivity contribution is -0.158. The third-order valence-electron chi connectivity index (χ3n) is 11.5. The summed E-state index contributed by atoms with van der Waals surface area (Å²) in [7, 11) is 2.05. The Labute approximate surface area is 195 Å². The fraction of sp³-hybridized carbons (Fsp3) is 0.929. The van der Waals surface area contributed by atoms with Crippen molar-refractivity contribution < 1.29 is 9.59 Å². The van der Waals surface area contributed by atoms with Crippen LogP contribution in [0.5, 0.6) is 0 Å². The first kappa shape index (κ1) is 22.7. The third kappa shape index (κ3) is 3.72. The fourth-order valence-electron chi connectivity index (χ4n) is 9.56. The van der Waals surface area contributed by atoms with Crippen LogP contribution >= 0.6 is 0 Å². The van der Waals surface area contributed by atoms with Crippen molar-refractivity contribution >= 4 is 11.8 Å². The summed E-state index contributed by atoms with van der Waals surface area (Å²) in [6.45, 7) is 5.97. The Morgan fingerprint density at radius 1 is 0.938 bits per heavy atom.